The highest BCUT2D eigenvalue weighted by atomic mass is 16.5. The van der Waals surface area contributed by atoms with Crippen molar-refractivity contribution >= 4 is 0 Å². The van der Waals surface area contributed by atoms with Crippen LogP contribution in [0.4, 0.5) is 0 Å². The standard InChI is InChI=1S/C14H25N3O/c1-4-6-11-16-12(17-18-11)14(15)8-5-7-13(2,3)9-10-14/h4-10,15H2,1-3H3. The van der Waals surface area contributed by atoms with Gasteiger partial charge in [0.25, 0.3) is 0 Å². The van der Waals surface area contributed by atoms with Crippen LogP contribution < -0.4 is 5.73 Å². The van der Waals surface area contributed by atoms with E-state index in [1.807, 2.05) is 0 Å². The Morgan fingerprint density at radius 2 is 2.00 bits per heavy atom. The van der Waals surface area contributed by atoms with Crippen molar-refractivity contribution in [3.63, 3.8) is 0 Å². The molecular formula is C14H25N3O. The van der Waals surface area contributed by atoms with E-state index >= 15 is 0 Å². The van der Waals surface area contributed by atoms with E-state index in [0.717, 1.165) is 44.4 Å². The van der Waals surface area contributed by atoms with Gasteiger partial charge in [-0.1, -0.05) is 32.3 Å². The summed E-state index contributed by atoms with van der Waals surface area (Å²) in [7, 11) is 0. The molecule has 0 aliphatic heterocycles. The molecule has 1 fully saturated rings. The van der Waals surface area contributed by atoms with Gasteiger partial charge in [0.05, 0.1) is 5.54 Å². The number of hydrogen-bond donors (Lipinski definition) is 1. The Bertz CT molecular complexity index is 399. The zero-order valence-electron chi connectivity index (χ0n) is 11.8. The summed E-state index contributed by atoms with van der Waals surface area (Å²) in [5.74, 6) is 1.43. The molecule has 2 N–H and O–H groups in total. The predicted molar refractivity (Wildman–Crippen MR) is 71.0 cm³/mol. The van der Waals surface area contributed by atoms with Gasteiger partial charge in [0.15, 0.2) is 5.82 Å². The fraction of sp³-hybridized carbons (Fsp3) is 0.857. The molecule has 2 rings (SSSR count). The summed E-state index contributed by atoms with van der Waals surface area (Å²) in [6.07, 6.45) is 7.27. The number of aromatic nitrogens is 2. The molecule has 0 spiro atoms. The van der Waals surface area contributed by atoms with Gasteiger partial charge < -0.3 is 10.3 Å². The first-order valence-corrected chi connectivity index (χ1v) is 7.07. The van der Waals surface area contributed by atoms with Crippen molar-refractivity contribution in [1.29, 1.82) is 0 Å². The Labute approximate surface area is 109 Å². The summed E-state index contributed by atoms with van der Waals surface area (Å²) in [5.41, 5.74) is 6.53. The molecule has 1 heterocycles. The second-order valence-corrected chi connectivity index (χ2v) is 6.44. The summed E-state index contributed by atoms with van der Waals surface area (Å²) in [6.45, 7) is 6.74. The third-order valence-corrected chi connectivity index (χ3v) is 4.10. The molecule has 1 saturated carbocycles. The van der Waals surface area contributed by atoms with Crippen LogP contribution in [0.3, 0.4) is 0 Å². The molecule has 4 heteroatoms. The molecule has 0 radical (unpaired) electrons. The van der Waals surface area contributed by atoms with Gasteiger partial charge in [-0.25, -0.2) is 0 Å². The van der Waals surface area contributed by atoms with Crippen LogP contribution in [0.1, 0.15) is 71.0 Å². The van der Waals surface area contributed by atoms with E-state index in [-0.39, 0.29) is 5.54 Å². The van der Waals surface area contributed by atoms with Crippen LogP contribution in [0.15, 0.2) is 4.52 Å². The normalized spacial score (nSPS) is 28.0. The fourth-order valence-corrected chi connectivity index (χ4v) is 2.69. The van der Waals surface area contributed by atoms with Crippen molar-refractivity contribution in [3.8, 4) is 0 Å². The van der Waals surface area contributed by atoms with E-state index in [0.29, 0.717) is 11.2 Å². The van der Waals surface area contributed by atoms with Crippen molar-refractivity contribution in [2.75, 3.05) is 0 Å². The molecular weight excluding hydrogens is 226 g/mol. The lowest BCUT2D eigenvalue weighted by atomic mass is 9.83. The molecule has 4 nitrogen and oxygen atoms in total. The molecule has 18 heavy (non-hydrogen) atoms. The van der Waals surface area contributed by atoms with Crippen molar-refractivity contribution in [1.82, 2.24) is 10.1 Å². The number of hydrogen-bond acceptors (Lipinski definition) is 4. The first-order chi connectivity index (χ1) is 8.45. The van der Waals surface area contributed by atoms with Gasteiger partial charge in [-0.15, -0.1) is 0 Å². The predicted octanol–water partition coefficient (Wildman–Crippen LogP) is 3.17. The maximum atomic E-state index is 6.53. The Morgan fingerprint density at radius 3 is 2.72 bits per heavy atom. The van der Waals surface area contributed by atoms with Crippen LogP contribution in [0, 0.1) is 5.41 Å². The van der Waals surface area contributed by atoms with Gasteiger partial charge >= 0.3 is 0 Å². The molecule has 0 saturated heterocycles. The van der Waals surface area contributed by atoms with Gasteiger partial charge in [-0.3, -0.25) is 0 Å². The SMILES string of the molecule is CCCc1nc(C2(N)CCCC(C)(C)CC2)no1. The largest absolute Gasteiger partial charge is 0.339 e. The third-order valence-electron chi connectivity index (χ3n) is 4.10. The van der Waals surface area contributed by atoms with Crippen LogP contribution in [0.2, 0.25) is 0 Å². The highest BCUT2D eigenvalue weighted by molar-refractivity contribution is 5.05. The topological polar surface area (TPSA) is 64.9 Å². The third kappa shape index (κ3) is 2.91. The Hall–Kier alpha value is -0.900. The second kappa shape index (κ2) is 5.00. The summed E-state index contributed by atoms with van der Waals surface area (Å²) in [5, 5.41) is 4.11. The lowest BCUT2D eigenvalue weighted by molar-refractivity contribution is 0.288. The smallest absolute Gasteiger partial charge is 0.226 e. The van der Waals surface area contributed by atoms with Crippen LogP contribution in [-0.2, 0) is 12.0 Å². The van der Waals surface area contributed by atoms with Crippen molar-refractivity contribution in [2.45, 2.75) is 71.3 Å². The highest BCUT2D eigenvalue weighted by Gasteiger charge is 2.37. The first-order valence-electron chi connectivity index (χ1n) is 7.07. The zero-order valence-corrected chi connectivity index (χ0v) is 11.8. The molecule has 1 aliphatic rings. The quantitative estimate of drug-likeness (QED) is 0.838. The molecule has 1 aliphatic carbocycles. The van der Waals surface area contributed by atoms with Gasteiger partial charge in [0, 0.05) is 6.42 Å². The minimum atomic E-state index is -0.386. The monoisotopic (exact) mass is 251 g/mol. The maximum absolute atomic E-state index is 6.53. The average molecular weight is 251 g/mol. The van der Waals surface area contributed by atoms with Crippen LogP contribution in [0.5, 0.6) is 0 Å². The summed E-state index contributed by atoms with van der Waals surface area (Å²) < 4.78 is 5.28. The molecule has 102 valence electrons. The Balaban J connectivity index is 2.14. The molecule has 1 unspecified atom stereocenters. The van der Waals surface area contributed by atoms with Gasteiger partial charge in [0.1, 0.15) is 0 Å². The van der Waals surface area contributed by atoms with Crippen molar-refractivity contribution < 1.29 is 4.52 Å². The fourth-order valence-electron chi connectivity index (χ4n) is 2.69. The van der Waals surface area contributed by atoms with Crippen LogP contribution in [-0.4, -0.2) is 10.1 Å². The summed E-state index contributed by atoms with van der Waals surface area (Å²) >= 11 is 0. The summed E-state index contributed by atoms with van der Waals surface area (Å²) in [6, 6.07) is 0. The first kappa shape index (κ1) is 13.5. The molecule has 0 aromatic carbocycles. The van der Waals surface area contributed by atoms with Gasteiger partial charge in [0.2, 0.25) is 5.89 Å². The number of nitrogens with zero attached hydrogens (tertiary/aromatic N) is 2. The van der Waals surface area contributed by atoms with Gasteiger partial charge in [-0.2, -0.15) is 4.98 Å². The second-order valence-electron chi connectivity index (χ2n) is 6.44. The molecule has 1 aromatic heterocycles. The van der Waals surface area contributed by atoms with Gasteiger partial charge in [-0.05, 0) is 37.5 Å². The van der Waals surface area contributed by atoms with Crippen molar-refractivity contribution in [3.05, 3.63) is 11.7 Å². The number of nitrogens with two attached hydrogens (primary N) is 1. The van der Waals surface area contributed by atoms with E-state index in [1.54, 1.807) is 0 Å². The number of rotatable bonds is 3. The Morgan fingerprint density at radius 1 is 1.22 bits per heavy atom. The van der Waals surface area contributed by atoms with Crippen LogP contribution in [0.25, 0.3) is 0 Å². The molecule has 0 bridgehead atoms. The minimum Gasteiger partial charge on any atom is -0.339 e. The Kier molecular flexibility index (Phi) is 3.76. The van der Waals surface area contributed by atoms with Crippen molar-refractivity contribution in [2.24, 2.45) is 11.1 Å². The number of aryl methyl sites for hydroxylation is 1. The lowest BCUT2D eigenvalue weighted by Gasteiger charge is -2.25. The lowest BCUT2D eigenvalue weighted by Crippen LogP contribution is -2.37. The minimum absolute atomic E-state index is 0.386. The van der Waals surface area contributed by atoms with Crippen LogP contribution >= 0.6 is 0 Å². The molecule has 0 amide bonds. The highest BCUT2D eigenvalue weighted by Crippen LogP contribution is 2.40. The average Bonchev–Trinajstić information content (AvgIpc) is 2.71. The maximum Gasteiger partial charge on any atom is 0.226 e. The zero-order chi connectivity index (χ0) is 13.2. The van der Waals surface area contributed by atoms with E-state index < -0.39 is 0 Å². The summed E-state index contributed by atoms with van der Waals surface area (Å²) in [4.78, 5) is 4.48. The van der Waals surface area contributed by atoms with E-state index in [4.69, 9.17) is 10.3 Å². The van der Waals surface area contributed by atoms with E-state index in [9.17, 15) is 0 Å². The van der Waals surface area contributed by atoms with E-state index in [2.05, 4.69) is 30.9 Å². The van der Waals surface area contributed by atoms with E-state index in [1.165, 1.54) is 6.42 Å². The molecule has 1 aromatic rings. The molecule has 1 atom stereocenters.